The molecule has 1 atom stereocenters. The largest absolute Gasteiger partial charge is 0.462 e. The fourth-order valence-electron chi connectivity index (χ4n) is 8.22. The molecule has 0 heterocycles. The third-order valence-corrected chi connectivity index (χ3v) is 12.3. The lowest BCUT2D eigenvalue weighted by Gasteiger charge is -2.18. The maximum absolute atomic E-state index is 12.7. The van der Waals surface area contributed by atoms with E-state index in [1.54, 1.807) is 0 Å². The Balaban J connectivity index is 4.16. The molecule has 0 unspecified atom stereocenters. The lowest BCUT2D eigenvalue weighted by Crippen LogP contribution is -2.30. The van der Waals surface area contributed by atoms with E-state index in [0.717, 1.165) is 63.7 Å². The Bertz CT molecular complexity index is 903. The molecule has 0 aromatic heterocycles. The van der Waals surface area contributed by atoms with E-state index < -0.39 is 6.10 Å². The first-order valence-electron chi connectivity index (χ1n) is 26.9. The molecule has 0 bridgehead atoms. The predicted molar refractivity (Wildman–Crippen MR) is 257 cm³/mol. The third-order valence-electron chi connectivity index (χ3n) is 12.3. The molecule has 0 aliphatic rings. The van der Waals surface area contributed by atoms with Crippen LogP contribution in [0, 0.1) is 5.92 Å². The SMILES string of the molecule is CCCCCCCCCCCCCC(=O)OC[C@H](COC(=O)CCCCCCCCCCCCCCCCCCCCC(C)C)OC(=O)CCCCCCCCCCCC. The number of carbonyl (C=O) groups excluding carboxylic acids is 3. The second-order valence-corrected chi connectivity index (χ2v) is 19.0. The van der Waals surface area contributed by atoms with E-state index in [-0.39, 0.29) is 31.1 Å². The molecule has 0 saturated carbocycles. The van der Waals surface area contributed by atoms with Gasteiger partial charge in [0, 0.05) is 19.3 Å². The van der Waals surface area contributed by atoms with E-state index in [0.29, 0.717) is 19.3 Å². The van der Waals surface area contributed by atoms with E-state index in [1.165, 1.54) is 199 Å². The highest BCUT2D eigenvalue weighted by atomic mass is 16.6. The number of ether oxygens (including phenoxy) is 3. The van der Waals surface area contributed by atoms with Crippen LogP contribution in [0.25, 0.3) is 0 Å². The van der Waals surface area contributed by atoms with Crippen LogP contribution in [0.1, 0.15) is 304 Å². The summed E-state index contributed by atoms with van der Waals surface area (Å²) in [5.74, 6) is 0.0146. The molecule has 0 amide bonds. The van der Waals surface area contributed by atoms with Gasteiger partial charge < -0.3 is 14.2 Å². The molecule has 0 aromatic carbocycles. The van der Waals surface area contributed by atoms with Gasteiger partial charge in [0.2, 0.25) is 0 Å². The van der Waals surface area contributed by atoms with Crippen molar-refractivity contribution in [2.75, 3.05) is 13.2 Å². The van der Waals surface area contributed by atoms with Crippen LogP contribution in [0.4, 0.5) is 0 Å². The average molecular weight is 849 g/mol. The fraction of sp³-hybridized carbons (Fsp3) is 0.944. The van der Waals surface area contributed by atoms with Crippen molar-refractivity contribution in [2.45, 2.75) is 310 Å². The number of carbonyl (C=O) groups is 3. The molecule has 60 heavy (non-hydrogen) atoms. The first-order chi connectivity index (χ1) is 29.4. The van der Waals surface area contributed by atoms with Crippen LogP contribution in [-0.4, -0.2) is 37.2 Å². The normalized spacial score (nSPS) is 11.9. The van der Waals surface area contributed by atoms with Crippen LogP contribution in [0.5, 0.6) is 0 Å². The van der Waals surface area contributed by atoms with Gasteiger partial charge in [0.25, 0.3) is 0 Å². The summed E-state index contributed by atoms with van der Waals surface area (Å²) in [6, 6.07) is 0. The van der Waals surface area contributed by atoms with Gasteiger partial charge in [-0.05, 0) is 25.2 Å². The Kier molecular flexibility index (Phi) is 47.2. The van der Waals surface area contributed by atoms with Crippen LogP contribution < -0.4 is 0 Å². The highest BCUT2D eigenvalue weighted by molar-refractivity contribution is 5.71. The topological polar surface area (TPSA) is 78.9 Å². The maximum Gasteiger partial charge on any atom is 0.306 e. The van der Waals surface area contributed by atoms with Crippen molar-refractivity contribution in [3.63, 3.8) is 0 Å². The molecular formula is C54H104O6. The smallest absolute Gasteiger partial charge is 0.306 e. The lowest BCUT2D eigenvalue weighted by atomic mass is 10.0. The average Bonchev–Trinajstić information content (AvgIpc) is 3.23. The zero-order valence-corrected chi connectivity index (χ0v) is 40.9. The summed E-state index contributed by atoms with van der Waals surface area (Å²) >= 11 is 0. The molecule has 0 spiro atoms. The zero-order valence-electron chi connectivity index (χ0n) is 40.9. The first-order valence-corrected chi connectivity index (χ1v) is 26.9. The molecule has 6 nitrogen and oxygen atoms in total. The Morgan fingerprint density at radius 3 is 0.817 bits per heavy atom. The summed E-state index contributed by atoms with van der Waals surface area (Å²) in [7, 11) is 0. The number of hydrogen-bond acceptors (Lipinski definition) is 6. The van der Waals surface area contributed by atoms with Crippen molar-refractivity contribution in [2.24, 2.45) is 5.92 Å². The zero-order chi connectivity index (χ0) is 43.8. The van der Waals surface area contributed by atoms with E-state index in [2.05, 4.69) is 27.7 Å². The molecule has 0 saturated heterocycles. The minimum absolute atomic E-state index is 0.0625. The molecular weight excluding hydrogens is 745 g/mol. The van der Waals surface area contributed by atoms with Crippen molar-refractivity contribution in [3.05, 3.63) is 0 Å². The van der Waals surface area contributed by atoms with Gasteiger partial charge >= 0.3 is 17.9 Å². The summed E-state index contributed by atoms with van der Waals surface area (Å²) in [4.78, 5) is 37.9. The van der Waals surface area contributed by atoms with Crippen LogP contribution >= 0.6 is 0 Å². The molecule has 356 valence electrons. The maximum atomic E-state index is 12.7. The van der Waals surface area contributed by atoms with Crippen molar-refractivity contribution in [1.29, 1.82) is 0 Å². The van der Waals surface area contributed by atoms with Gasteiger partial charge in [0.1, 0.15) is 13.2 Å². The molecule has 0 fully saturated rings. The monoisotopic (exact) mass is 849 g/mol. The van der Waals surface area contributed by atoms with E-state index in [4.69, 9.17) is 14.2 Å². The van der Waals surface area contributed by atoms with Gasteiger partial charge in [-0.25, -0.2) is 0 Å². The van der Waals surface area contributed by atoms with Gasteiger partial charge in [-0.1, -0.05) is 265 Å². The van der Waals surface area contributed by atoms with Crippen molar-refractivity contribution in [1.82, 2.24) is 0 Å². The summed E-state index contributed by atoms with van der Waals surface area (Å²) in [5.41, 5.74) is 0. The van der Waals surface area contributed by atoms with Crippen molar-refractivity contribution < 1.29 is 28.6 Å². The van der Waals surface area contributed by atoms with E-state index in [1.807, 2.05) is 0 Å². The predicted octanol–water partition coefficient (Wildman–Crippen LogP) is 17.5. The van der Waals surface area contributed by atoms with Crippen molar-refractivity contribution >= 4 is 17.9 Å². The second-order valence-electron chi connectivity index (χ2n) is 19.0. The summed E-state index contributed by atoms with van der Waals surface area (Å²) < 4.78 is 16.8. The number of unbranched alkanes of at least 4 members (excludes halogenated alkanes) is 36. The molecule has 0 aromatic rings. The van der Waals surface area contributed by atoms with Gasteiger partial charge in [0.15, 0.2) is 6.10 Å². The highest BCUT2D eigenvalue weighted by Gasteiger charge is 2.19. The van der Waals surface area contributed by atoms with Crippen LogP contribution in [0.3, 0.4) is 0 Å². The minimum Gasteiger partial charge on any atom is -0.462 e. The van der Waals surface area contributed by atoms with Crippen molar-refractivity contribution in [3.8, 4) is 0 Å². The Morgan fingerprint density at radius 1 is 0.317 bits per heavy atom. The second kappa shape index (κ2) is 48.4. The van der Waals surface area contributed by atoms with E-state index in [9.17, 15) is 14.4 Å². The molecule has 6 heteroatoms. The van der Waals surface area contributed by atoms with Crippen LogP contribution in [0.15, 0.2) is 0 Å². The molecule has 0 radical (unpaired) electrons. The minimum atomic E-state index is -0.759. The van der Waals surface area contributed by atoms with E-state index >= 15 is 0 Å². The number of hydrogen-bond donors (Lipinski definition) is 0. The van der Waals surface area contributed by atoms with Gasteiger partial charge in [-0.2, -0.15) is 0 Å². The van der Waals surface area contributed by atoms with Gasteiger partial charge in [-0.15, -0.1) is 0 Å². The lowest BCUT2D eigenvalue weighted by molar-refractivity contribution is -0.167. The van der Waals surface area contributed by atoms with Crippen LogP contribution in [-0.2, 0) is 28.6 Å². The quantitative estimate of drug-likeness (QED) is 0.0345. The number of rotatable bonds is 49. The third kappa shape index (κ3) is 47.5. The fourth-order valence-corrected chi connectivity index (χ4v) is 8.22. The Labute approximate surface area is 374 Å². The summed E-state index contributed by atoms with van der Waals surface area (Å²) in [6.45, 7) is 9.03. The Hall–Kier alpha value is -1.59. The number of esters is 3. The van der Waals surface area contributed by atoms with Gasteiger partial charge in [0.05, 0.1) is 0 Å². The molecule has 0 N–H and O–H groups in total. The Morgan fingerprint density at radius 2 is 0.550 bits per heavy atom. The highest BCUT2D eigenvalue weighted by Crippen LogP contribution is 2.17. The summed E-state index contributed by atoms with van der Waals surface area (Å²) in [6.07, 6.45) is 51.0. The van der Waals surface area contributed by atoms with Crippen LogP contribution in [0.2, 0.25) is 0 Å². The standard InChI is InChI=1S/C54H104O6/c1-5-7-9-11-13-15-25-30-33-37-41-45-52(55)58-48-51(60-54(57)47-43-39-35-29-16-14-12-10-8-6-2)49-59-53(56)46-42-38-34-31-27-24-22-20-18-17-19-21-23-26-28-32-36-40-44-50(3)4/h50-51H,5-49H2,1-4H3/t51-/m1/s1. The van der Waals surface area contributed by atoms with Gasteiger partial charge in [-0.3, -0.25) is 14.4 Å². The molecule has 0 aliphatic heterocycles. The summed E-state index contributed by atoms with van der Waals surface area (Å²) in [5, 5.41) is 0. The molecule has 0 aliphatic carbocycles. The molecule has 0 rings (SSSR count). The first kappa shape index (κ1) is 58.4.